The van der Waals surface area contributed by atoms with Gasteiger partial charge >= 0.3 is 5.97 Å². The zero-order valence-corrected chi connectivity index (χ0v) is 22.3. The number of hydrogen-bond donors (Lipinski definition) is 2. The molecule has 0 aromatic rings. The lowest BCUT2D eigenvalue weighted by atomic mass is 9.33. The molecule has 2 N–H and O–H groups in total. The second-order valence-electron chi connectivity index (χ2n) is 15.1. The number of aliphatic hydroxyl groups is 1. The minimum atomic E-state index is -0.553. The average Bonchev–Trinajstić information content (AvgIpc) is 2.71. The predicted molar refractivity (Wildman–Crippen MR) is 133 cm³/mol. The summed E-state index contributed by atoms with van der Waals surface area (Å²) in [5.74, 6) is 0.807. The molecule has 0 aliphatic heterocycles. The van der Waals surface area contributed by atoms with E-state index in [-0.39, 0.29) is 39.1 Å². The Morgan fingerprint density at radius 2 is 1.55 bits per heavy atom. The maximum atomic E-state index is 12.8. The third kappa shape index (κ3) is 2.87. The van der Waals surface area contributed by atoms with Gasteiger partial charge in [0, 0.05) is 0 Å². The van der Waals surface area contributed by atoms with Gasteiger partial charge in [0.1, 0.15) is 0 Å². The number of hydrogen-bond acceptors (Lipinski definition) is 2. The summed E-state index contributed by atoms with van der Waals surface area (Å²) in [6.45, 7) is 16.9. The van der Waals surface area contributed by atoms with Crippen LogP contribution in [-0.4, -0.2) is 22.3 Å². The fourth-order valence-corrected chi connectivity index (χ4v) is 10.6. The molecule has 4 saturated carbocycles. The molecule has 0 aromatic carbocycles. The molecule has 8 atom stereocenters. The van der Waals surface area contributed by atoms with Crippen molar-refractivity contribution < 1.29 is 15.0 Å². The number of carboxylic acids is 1. The summed E-state index contributed by atoms with van der Waals surface area (Å²) in [5, 5.41) is 21.4. The molecule has 4 fully saturated rings. The van der Waals surface area contributed by atoms with E-state index in [1.807, 2.05) is 0 Å². The van der Waals surface area contributed by atoms with Gasteiger partial charge in [0.15, 0.2) is 0 Å². The Morgan fingerprint density at radius 1 is 0.879 bits per heavy atom. The molecule has 5 aliphatic carbocycles. The number of carboxylic acid groups (broad SMARTS) is 1. The van der Waals surface area contributed by atoms with Crippen molar-refractivity contribution in [3.63, 3.8) is 0 Å². The number of fused-ring (bicyclic) bond motifs is 7. The van der Waals surface area contributed by atoms with Gasteiger partial charge in [-0.3, -0.25) is 4.79 Å². The van der Waals surface area contributed by atoms with E-state index in [1.54, 1.807) is 0 Å². The van der Waals surface area contributed by atoms with E-state index in [1.165, 1.54) is 18.4 Å². The molecule has 3 heteroatoms. The number of aliphatic carboxylic acids is 1. The molecule has 186 valence electrons. The van der Waals surface area contributed by atoms with Crippen LogP contribution in [0.25, 0.3) is 0 Å². The minimum Gasteiger partial charge on any atom is -0.481 e. The highest BCUT2D eigenvalue weighted by Gasteiger charge is 2.69. The van der Waals surface area contributed by atoms with Gasteiger partial charge in [-0.05, 0) is 109 Å². The SMILES string of the molecule is CC1(C)CC[C@]2(C(=O)O)CC[C@]3(C)C(=CCC4[C@@]5(C)CCC(O)C(C)(C)[C@@H]5CC[C@]43C)C2C1. The summed E-state index contributed by atoms with van der Waals surface area (Å²) in [6.07, 6.45) is 12.6. The summed E-state index contributed by atoms with van der Waals surface area (Å²) < 4.78 is 0. The molecule has 0 saturated heterocycles. The fourth-order valence-electron chi connectivity index (χ4n) is 10.6. The lowest BCUT2D eigenvalue weighted by molar-refractivity contribution is -0.205. The van der Waals surface area contributed by atoms with Crippen LogP contribution in [0.5, 0.6) is 0 Å². The first-order chi connectivity index (χ1) is 15.1. The van der Waals surface area contributed by atoms with Gasteiger partial charge in [0.2, 0.25) is 0 Å². The number of aliphatic hydroxyl groups excluding tert-OH is 1. The lowest BCUT2D eigenvalue weighted by Gasteiger charge is -2.71. The van der Waals surface area contributed by atoms with Crippen molar-refractivity contribution in [2.45, 2.75) is 119 Å². The highest BCUT2D eigenvalue weighted by atomic mass is 16.4. The average molecular weight is 457 g/mol. The van der Waals surface area contributed by atoms with Crippen LogP contribution < -0.4 is 0 Å². The van der Waals surface area contributed by atoms with Crippen LogP contribution in [0.1, 0.15) is 113 Å². The Bertz CT molecular complexity index is 885. The van der Waals surface area contributed by atoms with Crippen LogP contribution >= 0.6 is 0 Å². The Hall–Kier alpha value is -0.830. The maximum Gasteiger partial charge on any atom is 0.310 e. The molecule has 0 amide bonds. The number of allylic oxidation sites excluding steroid dienone is 2. The van der Waals surface area contributed by atoms with Crippen molar-refractivity contribution in [2.24, 2.45) is 50.2 Å². The van der Waals surface area contributed by atoms with Gasteiger partial charge in [0.25, 0.3) is 0 Å². The lowest BCUT2D eigenvalue weighted by Crippen LogP contribution is -2.65. The summed E-state index contributed by atoms with van der Waals surface area (Å²) >= 11 is 0. The van der Waals surface area contributed by atoms with E-state index in [4.69, 9.17) is 0 Å². The minimum absolute atomic E-state index is 0.0301. The molecule has 33 heavy (non-hydrogen) atoms. The number of carbonyl (C=O) groups is 1. The topological polar surface area (TPSA) is 57.5 Å². The molecule has 0 bridgehead atoms. The third-order valence-electron chi connectivity index (χ3n) is 13.0. The summed E-state index contributed by atoms with van der Waals surface area (Å²) in [7, 11) is 0. The summed E-state index contributed by atoms with van der Waals surface area (Å²) in [5.41, 5.74) is 1.68. The zero-order valence-electron chi connectivity index (χ0n) is 22.3. The molecular weight excluding hydrogens is 408 g/mol. The van der Waals surface area contributed by atoms with Crippen LogP contribution in [0, 0.1) is 50.2 Å². The molecule has 0 radical (unpaired) electrons. The van der Waals surface area contributed by atoms with Gasteiger partial charge in [-0.25, -0.2) is 0 Å². The first-order valence-electron chi connectivity index (χ1n) is 13.8. The standard InChI is InChI=1S/C30H48O3/c1-25(2)14-16-30(24(32)33)17-15-28(6)19(20(30)18-25)8-9-22-27(5)12-11-23(31)26(3,4)21(27)10-13-29(22,28)7/h8,20-23,31H,9-18H2,1-7H3,(H,32,33)/t20?,21-,22?,23?,27-,28+,29+,30-/m0/s1. The highest BCUT2D eigenvalue weighted by molar-refractivity contribution is 5.76. The van der Waals surface area contributed by atoms with E-state index in [2.05, 4.69) is 54.5 Å². The second kappa shape index (κ2) is 6.89. The van der Waals surface area contributed by atoms with Crippen molar-refractivity contribution in [1.82, 2.24) is 0 Å². The Morgan fingerprint density at radius 3 is 2.21 bits per heavy atom. The van der Waals surface area contributed by atoms with Crippen molar-refractivity contribution in [2.75, 3.05) is 0 Å². The van der Waals surface area contributed by atoms with Gasteiger partial charge in [-0.15, -0.1) is 0 Å². The monoisotopic (exact) mass is 456 g/mol. The van der Waals surface area contributed by atoms with Gasteiger partial charge in [-0.2, -0.15) is 0 Å². The van der Waals surface area contributed by atoms with Crippen LogP contribution in [0.3, 0.4) is 0 Å². The van der Waals surface area contributed by atoms with Gasteiger partial charge in [0.05, 0.1) is 11.5 Å². The quantitative estimate of drug-likeness (QED) is 0.409. The summed E-state index contributed by atoms with van der Waals surface area (Å²) in [4.78, 5) is 12.8. The molecule has 0 heterocycles. The van der Waals surface area contributed by atoms with Gasteiger partial charge in [-0.1, -0.05) is 60.1 Å². The first kappa shape index (κ1) is 23.9. The highest BCUT2D eigenvalue weighted by Crippen LogP contribution is 2.75. The number of rotatable bonds is 1. The predicted octanol–water partition coefficient (Wildman–Crippen LogP) is 7.23. The van der Waals surface area contributed by atoms with Crippen LogP contribution in [0.4, 0.5) is 0 Å². The van der Waals surface area contributed by atoms with Crippen molar-refractivity contribution in [1.29, 1.82) is 0 Å². The molecule has 0 spiro atoms. The van der Waals surface area contributed by atoms with Crippen LogP contribution in [0.15, 0.2) is 11.6 Å². The second-order valence-corrected chi connectivity index (χ2v) is 15.1. The van der Waals surface area contributed by atoms with E-state index < -0.39 is 11.4 Å². The largest absolute Gasteiger partial charge is 0.481 e. The Kier molecular flexibility index (Phi) is 4.99. The molecular formula is C30H48O3. The molecule has 5 rings (SSSR count). The molecule has 3 nitrogen and oxygen atoms in total. The smallest absolute Gasteiger partial charge is 0.310 e. The Labute approximate surface area is 201 Å². The van der Waals surface area contributed by atoms with Crippen LogP contribution in [0.2, 0.25) is 0 Å². The first-order valence-corrected chi connectivity index (χ1v) is 13.8. The maximum absolute atomic E-state index is 12.8. The zero-order chi connectivity index (χ0) is 24.2. The van der Waals surface area contributed by atoms with Crippen molar-refractivity contribution in [3.8, 4) is 0 Å². The van der Waals surface area contributed by atoms with Crippen molar-refractivity contribution in [3.05, 3.63) is 11.6 Å². The normalized spacial score (nSPS) is 52.4. The van der Waals surface area contributed by atoms with E-state index >= 15 is 0 Å². The molecule has 0 aromatic heterocycles. The molecule has 3 unspecified atom stereocenters. The van der Waals surface area contributed by atoms with Crippen molar-refractivity contribution >= 4 is 5.97 Å². The van der Waals surface area contributed by atoms with E-state index in [0.717, 1.165) is 51.4 Å². The van der Waals surface area contributed by atoms with Gasteiger partial charge < -0.3 is 10.2 Å². The summed E-state index contributed by atoms with van der Waals surface area (Å²) in [6, 6.07) is 0. The van der Waals surface area contributed by atoms with Crippen LogP contribution in [-0.2, 0) is 4.79 Å². The molecule has 5 aliphatic rings. The third-order valence-corrected chi connectivity index (χ3v) is 13.0. The van der Waals surface area contributed by atoms with E-state index in [9.17, 15) is 15.0 Å². The van der Waals surface area contributed by atoms with E-state index in [0.29, 0.717) is 11.8 Å². The fraction of sp³-hybridized carbons (Fsp3) is 0.900. The Balaban J connectivity index is 1.60.